The molecule has 2 heteroatoms. The zero-order valence-corrected chi connectivity index (χ0v) is 12.0. The van der Waals surface area contributed by atoms with Crippen molar-refractivity contribution in [3.8, 4) is 0 Å². The number of aryl methyl sites for hydroxylation is 2. The maximum absolute atomic E-state index is 3.44. The number of nitrogens with one attached hydrogen (secondary N) is 1. The van der Waals surface area contributed by atoms with Gasteiger partial charge >= 0.3 is 0 Å². The zero-order chi connectivity index (χ0) is 12.8. The Morgan fingerprint density at radius 1 is 1.22 bits per heavy atom. The molecule has 0 aliphatic carbocycles. The average Bonchev–Trinajstić information content (AvgIpc) is 2.87. The van der Waals surface area contributed by atoms with Crippen LogP contribution in [0.25, 0.3) is 0 Å². The molecule has 1 N–H and O–H groups in total. The fourth-order valence-electron chi connectivity index (χ4n) is 2.24. The molecule has 0 aliphatic rings. The van der Waals surface area contributed by atoms with Gasteiger partial charge in [0, 0.05) is 10.9 Å². The summed E-state index contributed by atoms with van der Waals surface area (Å²) in [7, 11) is 2.06. The molecule has 1 aromatic carbocycles. The molecule has 1 aromatic heterocycles. The second kappa shape index (κ2) is 6.72. The Labute approximate surface area is 114 Å². The van der Waals surface area contributed by atoms with Crippen LogP contribution in [-0.4, -0.2) is 13.1 Å². The fraction of sp³-hybridized carbons (Fsp3) is 0.375. The van der Waals surface area contributed by atoms with Gasteiger partial charge in [-0.1, -0.05) is 35.9 Å². The molecular weight excluding hydrogens is 238 g/mol. The van der Waals surface area contributed by atoms with Crippen molar-refractivity contribution in [2.24, 2.45) is 0 Å². The Morgan fingerprint density at radius 2 is 2.11 bits per heavy atom. The minimum atomic E-state index is 0.564. The molecule has 0 bridgehead atoms. The predicted octanol–water partition coefficient (Wildman–Crippen LogP) is 3.82. The van der Waals surface area contributed by atoms with E-state index in [1.165, 1.54) is 28.8 Å². The molecule has 1 unspecified atom stereocenters. The summed E-state index contributed by atoms with van der Waals surface area (Å²) in [6.45, 7) is 2.16. The largest absolute Gasteiger partial charge is 0.317 e. The molecule has 2 aromatic rings. The summed E-state index contributed by atoms with van der Waals surface area (Å²) in [5.41, 5.74) is 2.78. The summed E-state index contributed by atoms with van der Waals surface area (Å²) in [6.07, 6.45) is 3.49. The van der Waals surface area contributed by atoms with Crippen LogP contribution < -0.4 is 5.32 Å². The van der Waals surface area contributed by atoms with Gasteiger partial charge in [-0.25, -0.2) is 0 Å². The summed E-state index contributed by atoms with van der Waals surface area (Å²) in [6, 6.07) is 13.7. The highest BCUT2D eigenvalue weighted by Gasteiger charge is 2.08. The lowest BCUT2D eigenvalue weighted by atomic mass is 10.0. The van der Waals surface area contributed by atoms with Crippen LogP contribution in [-0.2, 0) is 12.8 Å². The second-order valence-electron chi connectivity index (χ2n) is 4.80. The maximum Gasteiger partial charge on any atom is 0.0108 e. The number of rotatable bonds is 6. The third kappa shape index (κ3) is 3.97. The van der Waals surface area contributed by atoms with Crippen LogP contribution in [0.5, 0.6) is 0 Å². The third-order valence-electron chi connectivity index (χ3n) is 3.29. The van der Waals surface area contributed by atoms with Gasteiger partial charge in [-0.3, -0.25) is 0 Å². The Balaban J connectivity index is 1.89. The molecule has 0 aliphatic heterocycles. The van der Waals surface area contributed by atoms with E-state index in [0.717, 1.165) is 6.42 Å². The van der Waals surface area contributed by atoms with Crippen molar-refractivity contribution in [2.75, 3.05) is 7.05 Å². The molecular formula is C16H21NS. The summed E-state index contributed by atoms with van der Waals surface area (Å²) >= 11 is 1.86. The van der Waals surface area contributed by atoms with E-state index in [2.05, 4.69) is 61.1 Å². The number of benzene rings is 1. The minimum absolute atomic E-state index is 0.564. The molecule has 0 saturated carbocycles. The van der Waals surface area contributed by atoms with Gasteiger partial charge in [0.25, 0.3) is 0 Å². The number of thiophene rings is 1. The lowest BCUT2D eigenvalue weighted by Crippen LogP contribution is -2.28. The van der Waals surface area contributed by atoms with E-state index in [-0.39, 0.29) is 0 Å². The minimum Gasteiger partial charge on any atom is -0.317 e. The van der Waals surface area contributed by atoms with Crippen molar-refractivity contribution in [3.63, 3.8) is 0 Å². The Hall–Kier alpha value is -1.12. The summed E-state index contributed by atoms with van der Waals surface area (Å²) in [5, 5.41) is 5.59. The Kier molecular flexibility index (Phi) is 4.97. The van der Waals surface area contributed by atoms with E-state index in [1.54, 1.807) is 0 Å². The highest BCUT2D eigenvalue weighted by atomic mass is 32.1. The molecule has 0 spiro atoms. The van der Waals surface area contributed by atoms with Crippen LogP contribution in [0, 0.1) is 6.92 Å². The van der Waals surface area contributed by atoms with Crippen molar-refractivity contribution in [3.05, 3.63) is 57.8 Å². The molecule has 0 saturated heterocycles. The summed E-state index contributed by atoms with van der Waals surface area (Å²) in [4.78, 5) is 1.49. The standard InChI is InChI=1S/C16H21NS/c1-13-5-3-6-14(11-13)12-15(17-2)8-9-16-7-4-10-18-16/h3-7,10-11,15,17H,8-9,12H2,1-2H3. The van der Waals surface area contributed by atoms with Gasteiger partial charge in [-0.2, -0.15) is 0 Å². The predicted molar refractivity (Wildman–Crippen MR) is 80.4 cm³/mol. The van der Waals surface area contributed by atoms with Crippen LogP contribution in [0.2, 0.25) is 0 Å². The van der Waals surface area contributed by atoms with E-state index in [9.17, 15) is 0 Å². The first-order chi connectivity index (χ1) is 8.78. The summed E-state index contributed by atoms with van der Waals surface area (Å²) < 4.78 is 0. The maximum atomic E-state index is 3.44. The molecule has 0 radical (unpaired) electrons. The van der Waals surface area contributed by atoms with Gasteiger partial charge in [0.1, 0.15) is 0 Å². The smallest absolute Gasteiger partial charge is 0.0108 e. The first-order valence-electron chi connectivity index (χ1n) is 6.53. The Bertz CT molecular complexity index is 462. The number of hydrogen-bond acceptors (Lipinski definition) is 2. The zero-order valence-electron chi connectivity index (χ0n) is 11.1. The van der Waals surface area contributed by atoms with Crippen molar-refractivity contribution >= 4 is 11.3 Å². The molecule has 18 heavy (non-hydrogen) atoms. The second-order valence-corrected chi connectivity index (χ2v) is 5.83. The number of hydrogen-bond donors (Lipinski definition) is 1. The third-order valence-corrected chi connectivity index (χ3v) is 4.23. The topological polar surface area (TPSA) is 12.0 Å². The average molecular weight is 259 g/mol. The lowest BCUT2D eigenvalue weighted by Gasteiger charge is -2.16. The van der Waals surface area contributed by atoms with E-state index < -0.39 is 0 Å². The SMILES string of the molecule is CNC(CCc1cccs1)Cc1cccc(C)c1. The number of likely N-dealkylation sites (N-methyl/N-ethyl adjacent to an activating group) is 1. The molecule has 96 valence electrons. The van der Waals surface area contributed by atoms with Gasteiger partial charge in [-0.05, 0) is 50.2 Å². The lowest BCUT2D eigenvalue weighted by molar-refractivity contribution is 0.522. The van der Waals surface area contributed by atoms with Crippen molar-refractivity contribution in [1.82, 2.24) is 5.32 Å². The first-order valence-corrected chi connectivity index (χ1v) is 7.41. The van der Waals surface area contributed by atoms with Crippen molar-refractivity contribution in [2.45, 2.75) is 32.2 Å². The van der Waals surface area contributed by atoms with Crippen LogP contribution in [0.3, 0.4) is 0 Å². The quantitative estimate of drug-likeness (QED) is 0.831. The molecule has 1 atom stereocenters. The first kappa shape index (κ1) is 13.3. The van der Waals surface area contributed by atoms with E-state index >= 15 is 0 Å². The molecule has 2 rings (SSSR count). The van der Waals surface area contributed by atoms with Crippen LogP contribution in [0.4, 0.5) is 0 Å². The fourth-order valence-corrected chi connectivity index (χ4v) is 2.97. The van der Waals surface area contributed by atoms with Gasteiger partial charge in [0.2, 0.25) is 0 Å². The normalized spacial score (nSPS) is 12.6. The van der Waals surface area contributed by atoms with Gasteiger partial charge in [0.05, 0.1) is 0 Å². The monoisotopic (exact) mass is 259 g/mol. The molecule has 1 heterocycles. The van der Waals surface area contributed by atoms with Gasteiger partial charge < -0.3 is 5.32 Å². The van der Waals surface area contributed by atoms with E-state index in [0.29, 0.717) is 6.04 Å². The summed E-state index contributed by atoms with van der Waals surface area (Å²) in [5.74, 6) is 0. The van der Waals surface area contributed by atoms with E-state index in [4.69, 9.17) is 0 Å². The highest BCUT2D eigenvalue weighted by molar-refractivity contribution is 7.09. The molecule has 0 fully saturated rings. The van der Waals surface area contributed by atoms with Crippen molar-refractivity contribution < 1.29 is 0 Å². The van der Waals surface area contributed by atoms with Gasteiger partial charge in [0.15, 0.2) is 0 Å². The van der Waals surface area contributed by atoms with E-state index in [1.807, 2.05) is 11.3 Å². The molecule has 0 amide bonds. The molecule has 1 nitrogen and oxygen atoms in total. The van der Waals surface area contributed by atoms with Crippen LogP contribution in [0.15, 0.2) is 41.8 Å². The Morgan fingerprint density at radius 3 is 2.78 bits per heavy atom. The van der Waals surface area contributed by atoms with Crippen molar-refractivity contribution in [1.29, 1.82) is 0 Å². The highest BCUT2D eigenvalue weighted by Crippen LogP contribution is 2.14. The van der Waals surface area contributed by atoms with Crippen LogP contribution >= 0.6 is 11.3 Å². The van der Waals surface area contributed by atoms with Gasteiger partial charge in [-0.15, -0.1) is 11.3 Å². The van der Waals surface area contributed by atoms with Crippen LogP contribution in [0.1, 0.15) is 22.4 Å².